The average Bonchev–Trinajstić information content (AvgIpc) is 2.57. The quantitative estimate of drug-likeness (QED) is 0.495. The number of likely N-dealkylation sites (tertiary alicyclic amines) is 1. The zero-order valence-electron chi connectivity index (χ0n) is 14.0. The Morgan fingerprint density at radius 3 is 2.60 bits per heavy atom. The van der Waals surface area contributed by atoms with Crippen molar-refractivity contribution in [2.45, 2.75) is 26.3 Å². The standard InChI is InChI=1S/C18H21NO6/c1-2-24-18(23)11-3-5-19(6-4-11)10-12-7-17(22)25-16-9-15(21)14(20)8-13(12)16/h7-9,11,20-21H,2-6,10H2,1H3. The number of carbonyl (C=O) groups excluding carboxylic acids is 1. The van der Waals surface area contributed by atoms with E-state index in [9.17, 15) is 19.8 Å². The lowest BCUT2D eigenvalue weighted by Crippen LogP contribution is -2.36. The number of phenolic OH excluding ortho intramolecular Hbond substituents is 2. The van der Waals surface area contributed by atoms with E-state index in [1.807, 2.05) is 0 Å². The Morgan fingerprint density at radius 1 is 1.24 bits per heavy atom. The number of esters is 1. The summed E-state index contributed by atoms with van der Waals surface area (Å²) in [7, 11) is 0. The molecule has 1 aromatic heterocycles. The number of benzene rings is 1. The number of piperidine rings is 1. The van der Waals surface area contributed by atoms with E-state index in [2.05, 4.69) is 4.90 Å². The van der Waals surface area contributed by atoms with Gasteiger partial charge in [0.25, 0.3) is 0 Å². The number of hydrogen-bond donors (Lipinski definition) is 2. The number of nitrogens with zero attached hydrogens (tertiary/aromatic N) is 1. The van der Waals surface area contributed by atoms with E-state index in [0.29, 0.717) is 31.4 Å². The predicted octanol–water partition coefficient (Wildman–Crippen LogP) is 1.98. The van der Waals surface area contributed by atoms with Crippen LogP contribution in [-0.2, 0) is 16.1 Å². The molecule has 1 fully saturated rings. The van der Waals surface area contributed by atoms with Crippen LogP contribution < -0.4 is 5.63 Å². The fraction of sp³-hybridized carbons (Fsp3) is 0.444. The van der Waals surface area contributed by atoms with E-state index in [4.69, 9.17) is 9.15 Å². The summed E-state index contributed by atoms with van der Waals surface area (Å²) in [4.78, 5) is 25.7. The van der Waals surface area contributed by atoms with Crippen molar-refractivity contribution < 1.29 is 24.2 Å². The van der Waals surface area contributed by atoms with Crippen LogP contribution in [0.2, 0.25) is 0 Å². The second kappa shape index (κ2) is 7.14. The second-order valence-electron chi connectivity index (χ2n) is 6.23. The third-order valence-electron chi connectivity index (χ3n) is 4.53. The number of hydrogen-bond acceptors (Lipinski definition) is 7. The van der Waals surface area contributed by atoms with Gasteiger partial charge in [-0.2, -0.15) is 0 Å². The molecular formula is C18H21NO6. The van der Waals surface area contributed by atoms with Gasteiger partial charge in [0.1, 0.15) is 5.58 Å². The van der Waals surface area contributed by atoms with Gasteiger partial charge in [-0.25, -0.2) is 4.79 Å². The summed E-state index contributed by atoms with van der Waals surface area (Å²) in [5.41, 5.74) is 0.448. The van der Waals surface area contributed by atoms with E-state index < -0.39 is 5.63 Å². The monoisotopic (exact) mass is 347 g/mol. The van der Waals surface area contributed by atoms with Crippen molar-refractivity contribution in [1.29, 1.82) is 0 Å². The molecule has 0 amide bonds. The molecule has 1 aliphatic rings. The summed E-state index contributed by atoms with van der Waals surface area (Å²) in [5.74, 6) is -0.810. The Labute approximate surface area is 144 Å². The van der Waals surface area contributed by atoms with Crippen LogP contribution in [0.15, 0.2) is 27.4 Å². The number of fused-ring (bicyclic) bond motifs is 1. The molecule has 2 N–H and O–H groups in total. The lowest BCUT2D eigenvalue weighted by atomic mass is 9.96. The number of aromatic hydroxyl groups is 2. The first kappa shape index (κ1) is 17.3. The molecule has 1 aromatic carbocycles. The number of carbonyl (C=O) groups is 1. The first-order valence-electron chi connectivity index (χ1n) is 8.35. The van der Waals surface area contributed by atoms with E-state index in [0.717, 1.165) is 18.7 Å². The van der Waals surface area contributed by atoms with Gasteiger partial charge in [-0.05, 0) is 44.5 Å². The minimum atomic E-state index is -0.506. The van der Waals surface area contributed by atoms with E-state index in [-0.39, 0.29) is 29.0 Å². The number of ether oxygens (including phenoxy) is 1. The predicted molar refractivity (Wildman–Crippen MR) is 90.4 cm³/mol. The first-order valence-corrected chi connectivity index (χ1v) is 8.35. The van der Waals surface area contributed by atoms with Crippen LogP contribution >= 0.6 is 0 Å². The maximum atomic E-state index is 11.8. The summed E-state index contributed by atoms with van der Waals surface area (Å²) in [6.07, 6.45) is 1.43. The topological polar surface area (TPSA) is 100 Å². The number of phenols is 2. The van der Waals surface area contributed by atoms with E-state index >= 15 is 0 Å². The van der Waals surface area contributed by atoms with Crippen molar-refractivity contribution in [3.8, 4) is 11.5 Å². The molecule has 25 heavy (non-hydrogen) atoms. The van der Waals surface area contributed by atoms with Gasteiger partial charge in [-0.3, -0.25) is 9.69 Å². The van der Waals surface area contributed by atoms with Gasteiger partial charge >= 0.3 is 11.6 Å². The van der Waals surface area contributed by atoms with Crippen LogP contribution in [-0.4, -0.2) is 40.8 Å². The molecule has 0 radical (unpaired) electrons. The molecule has 0 atom stereocenters. The molecule has 1 aliphatic heterocycles. The maximum Gasteiger partial charge on any atom is 0.336 e. The minimum absolute atomic E-state index is 0.0743. The van der Waals surface area contributed by atoms with Gasteiger partial charge in [0.05, 0.1) is 12.5 Å². The molecule has 1 saturated heterocycles. The van der Waals surface area contributed by atoms with Crippen LogP contribution in [0.3, 0.4) is 0 Å². The Morgan fingerprint density at radius 2 is 1.92 bits per heavy atom. The van der Waals surface area contributed by atoms with Gasteiger partial charge < -0.3 is 19.4 Å². The third-order valence-corrected chi connectivity index (χ3v) is 4.53. The highest BCUT2D eigenvalue weighted by atomic mass is 16.5. The lowest BCUT2D eigenvalue weighted by molar-refractivity contribution is -0.149. The summed E-state index contributed by atoms with van der Waals surface area (Å²) in [6, 6.07) is 4.03. The van der Waals surface area contributed by atoms with Crippen molar-refractivity contribution in [3.05, 3.63) is 34.2 Å². The molecule has 0 spiro atoms. The summed E-state index contributed by atoms with van der Waals surface area (Å²) in [6.45, 7) is 4.12. The largest absolute Gasteiger partial charge is 0.504 e. The van der Waals surface area contributed by atoms with Gasteiger partial charge in [0.15, 0.2) is 11.5 Å². The highest BCUT2D eigenvalue weighted by Gasteiger charge is 2.26. The van der Waals surface area contributed by atoms with E-state index in [1.54, 1.807) is 6.92 Å². The molecule has 134 valence electrons. The molecule has 0 saturated carbocycles. The molecule has 7 heteroatoms. The molecule has 0 bridgehead atoms. The highest BCUT2D eigenvalue weighted by Crippen LogP contribution is 2.32. The maximum absolute atomic E-state index is 11.8. The molecular weight excluding hydrogens is 326 g/mol. The van der Waals surface area contributed by atoms with Crippen molar-refractivity contribution in [1.82, 2.24) is 4.90 Å². The molecule has 2 heterocycles. The second-order valence-corrected chi connectivity index (χ2v) is 6.23. The average molecular weight is 347 g/mol. The summed E-state index contributed by atoms with van der Waals surface area (Å²) < 4.78 is 10.2. The summed E-state index contributed by atoms with van der Waals surface area (Å²) >= 11 is 0. The van der Waals surface area contributed by atoms with Gasteiger partial charge in [0, 0.05) is 24.1 Å². The first-order chi connectivity index (χ1) is 12.0. The molecule has 0 aliphatic carbocycles. The fourth-order valence-corrected chi connectivity index (χ4v) is 3.21. The lowest BCUT2D eigenvalue weighted by Gasteiger charge is -2.30. The normalized spacial score (nSPS) is 16.2. The van der Waals surface area contributed by atoms with Crippen LogP contribution in [0, 0.1) is 5.92 Å². The smallest absolute Gasteiger partial charge is 0.336 e. The minimum Gasteiger partial charge on any atom is -0.504 e. The van der Waals surface area contributed by atoms with Gasteiger partial charge in [0.2, 0.25) is 0 Å². The van der Waals surface area contributed by atoms with Crippen LogP contribution in [0.1, 0.15) is 25.3 Å². The molecule has 2 aromatic rings. The molecule has 3 rings (SSSR count). The summed E-state index contributed by atoms with van der Waals surface area (Å²) in [5, 5.41) is 19.9. The van der Waals surface area contributed by atoms with Crippen molar-refractivity contribution in [2.75, 3.05) is 19.7 Å². The Balaban J connectivity index is 1.77. The van der Waals surface area contributed by atoms with Crippen molar-refractivity contribution in [2.24, 2.45) is 5.92 Å². The Hall–Kier alpha value is -2.54. The molecule has 0 unspecified atom stereocenters. The Bertz CT molecular complexity index is 835. The van der Waals surface area contributed by atoms with E-state index in [1.165, 1.54) is 18.2 Å². The van der Waals surface area contributed by atoms with Crippen molar-refractivity contribution >= 4 is 16.9 Å². The van der Waals surface area contributed by atoms with Crippen LogP contribution in [0.5, 0.6) is 11.5 Å². The third kappa shape index (κ3) is 3.76. The fourth-order valence-electron chi connectivity index (χ4n) is 3.21. The molecule has 7 nitrogen and oxygen atoms in total. The Kier molecular flexibility index (Phi) is 4.94. The van der Waals surface area contributed by atoms with Gasteiger partial charge in [-0.15, -0.1) is 0 Å². The van der Waals surface area contributed by atoms with Gasteiger partial charge in [-0.1, -0.05) is 0 Å². The van der Waals surface area contributed by atoms with Crippen molar-refractivity contribution in [3.63, 3.8) is 0 Å². The zero-order valence-corrected chi connectivity index (χ0v) is 14.0. The van der Waals surface area contributed by atoms with Crippen LogP contribution in [0.4, 0.5) is 0 Å². The van der Waals surface area contributed by atoms with Crippen LogP contribution in [0.25, 0.3) is 11.0 Å². The number of rotatable bonds is 4. The highest BCUT2D eigenvalue weighted by molar-refractivity contribution is 5.83. The zero-order chi connectivity index (χ0) is 18.0. The SMILES string of the molecule is CCOC(=O)C1CCN(Cc2cc(=O)oc3cc(O)c(O)cc23)CC1.